The van der Waals surface area contributed by atoms with Crippen LogP contribution in [-0.2, 0) is 4.79 Å². The molecule has 1 aliphatic rings. The van der Waals surface area contributed by atoms with E-state index in [4.69, 9.17) is 5.84 Å². The number of amides is 1. The number of aromatic nitrogens is 3. The molecule has 1 aliphatic heterocycles. The van der Waals surface area contributed by atoms with Crippen LogP contribution in [0.2, 0.25) is 0 Å². The summed E-state index contributed by atoms with van der Waals surface area (Å²) in [4.78, 5) is 25.8. The smallest absolute Gasteiger partial charge is 0.294 e. The van der Waals surface area contributed by atoms with Crippen LogP contribution in [0.1, 0.15) is 26.0 Å². The summed E-state index contributed by atoms with van der Waals surface area (Å²) >= 11 is 1.15. The molecule has 1 aromatic rings. The third kappa shape index (κ3) is 3.75. The van der Waals surface area contributed by atoms with Gasteiger partial charge in [-0.05, 0) is 25.2 Å². The Morgan fingerprint density at radius 1 is 1.33 bits per heavy atom. The molecule has 2 atom stereocenters. The van der Waals surface area contributed by atoms with Gasteiger partial charge in [0.1, 0.15) is 5.69 Å². The van der Waals surface area contributed by atoms with Crippen LogP contribution in [-0.4, -0.2) is 44.5 Å². The van der Waals surface area contributed by atoms with Gasteiger partial charge in [-0.1, -0.05) is 25.6 Å². The Kier molecular flexibility index (Phi) is 4.87. The van der Waals surface area contributed by atoms with Crippen molar-refractivity contribution in [2.24, 2.45) is 11.8 Å². The van der Waals surface area contributed by atoms with Crippen LogP contribution in [0.4, 0.5) is 0 Å². The number of hydrogen-bond donors (Lipinski definition) is 1. The van der Waals surface area contributed by atoms with Gasteiger partial charge >= 0.3 is 0 Å². The molecular formula is C13H21N5O2S. The lowest BCUT2D eigenvalue weighted by Gasteiger charge is -2.34. The lowest BCUT2D eigenvalue weighted by atomic mass is 9.92. The summed E-state index contributed by atoms with van der Waals surface area (Å²) in [6, 6.07) is 0. The molecule has 0 bridgehead atoms. The van der Waals surface area contributed by atoms with Crippen LogP contribution in [0.25, 0.3) is 0 Å². The van der Waals surface area contributed by atoms with Crippen LogP contribution >= 0.6 is 11.8 Å². The number of hydrogen-bond acceptors (Lipinski definition) is 6. The maximum atomic E-state index is 12.3. The van der Waals surface area contributed by atoms with E-state index in [0.29, 0.717) is 11.8 Å². The standard InChI is InChI=1S/C13H21N5O2S/c1-8-4-9(2)6-17(5-8)11(19)7-21-13-16-15-10(3)12(20)18(13)14/h8-9H,4-7,14H2,1-3H3/t8-,9-/m0/s1. The Bertz CT molecular complexity index is 578. The van der Waals surface area contributed by atoms with Crippen molar-refractivity contribution < 1.29 is 4.79 Å². The molecule has 0 aromatic carbocycles. The molecule has 1 saturated heterocycles. The zero-order valence-corrected chi connectivity index (χ0v) is 13.4. The highest BCUT2D eigenvalue weighted by molar-refractivity contribution is 7.99. The van der Waals surface area contributed by atoms with Crippen molar-refractivity contribution in [3.8, 4) is 0 Å². The van der Waals surface area contributed by atoms with Gasteiger partial charge < -0.3 is 10.7 Å². The minimum Gasteiger partial charge on any atom is -0.341 e. The summed E-state index contributed by atoms with van der Waals surface area (Å²) in [6.07, 6.45) is 1.16. The molecule has 1 aromatic heterocycles. The number of carbonyl (C=O) groups excluding carboxylic acids is 1. The molecule has 0 radical (unpaired) electrons. The van der Waals surface area contributed by atoms with Crippen molar-refractivity contribution in [1.29, 1.82) is 0 Å². The first-order valence-corrected chi connectivity index (χ1v) is 7.99. The van der Waals surface area contributed by atoms with Gasteiger partial charge in [0, 0.05) is 13.1 Å². The van der Waals surface area contributed by atoms with Crippen LogP contribution in [0.5, 0.6) is 0 Å². The molecule has 7 nitrogen and oxygen atoms in total. The van der Waals surface area contributed by atoms with Crippen molar-refractivity contribution in [2.45, 2.75) is 32.3 Å². The van der Waals surface area contributed by atoms with Gasteiger partial charge in [-0.3, -0.25) is 9.59 Å². The molecule has 2 rings (SSSR count). The Hall–Kier alpha value is -1.57. The molecule has 8 heteroatoms. The third-order valence-electron chi connectivity index (χ3n) is 3.57. The number of carbonyl (C=O) groups is 1. The fourth-order valence-electron chi connectivity index (χ4n) is 2.65. The normalized spacial score (nSPS) is 22.3. The second-order valence-electron chi connectivity index (χ2n) is 5.78. The molecule has 2 heterocycles. The Morgan fingerprint density at radius 2 is 1.95 bits per heavy atom. The largest absolute Gasteiger partial charge is 0.341 e. The Balaban J connectivity index is 1.98. The van der Waals surface area contributed by atoms with E-state index in [2.05, 4.69) is 24.0 Å². The molecule has 0 spiro atoms. The molecule has 0 unspecified atom stereocenters. The van der Waals surface area contributed by atoms with Crippen molar-refractivity contribution in [3.63, 3.8) is 0 Å². The van der Waals surface area contributed by atoms with Crippen LogP contribution in [0.15, 0.2) is 9.95 Å². The minimum atomic E-state index is -0.389. The number of rotatable bonds is 3. The summed E-state index contributed by atoms with van der Waals surface area (Å²) in [5.74, 6) is 6.96. The van der Waals surface area contributed by atoms with Gasteiger partial charge in [-0.25, -0.2) is 0 Å². The molecule has 2 N–H and O–H groups in total. The summed E-state index contributed by atoms with van der Waals surface area (Å²) in [7, 11) is 0. The average Bonchev–Trinajstić information content (AvgIpc) is 2.42. The summed E-state index contributed by atoms with van der Waals surface area (Å²) in [5.41, 5.74) is -0.146. The molecular weight excluding hydrogens is 290 g/mol. The summed E-state index contributed by atoms with van der Waals surface area (Å²) in [6.45, 7) is 7.45. The monoisotopic (exact) mass is 311 g/mol. The first kappa shape index (κ1) is 15.8. The van der Waals surface area contributed by atoms with Crippen molar-refractivity contribution in [2.75, 3.05) is 24.7 Å². The highest BCUT2D eigenvalue weighted by Gasteiger charge is 2.25. The number of aryl methyl sites for hydroxylation is 1. The maximum absolute atomic E-state index is 12.3. The first-order valence-electron chi connectivity index (χ1n) is 7.00. The van der Waals surface area contributed by atoms with E-state index in [0.717, 1.165) is 35.9 Å². The van der Waals surface area contributed by atoms with Crippen LogP contribution in [0, 0.1) is 18.8 Å². The maximum Gasteiger partial charge on any atom is 0.294 e. The van der Waals surface area contributed by atoms with Crippen molar-refractivity contribution >= 4 is 17.7 Å². The summed E-state index contributed by atoms with van der Waals surface area (Å²) < 4.78 is 0.946. The molecule has 1 fully saturated rings. The lowest BCUT2D eigenvalue weighted by Crippen LogP contribution is -2.43. The molecule has 21 heavy (non-hydrogen) atoms. The molecule has 0 saturated carbocycles. The van der Waals surface area contributed by atoms with Gasteiger partial charge in [0.15, 0.2) is 0 Å². The van der Waals surface area contributed by atoms with Crippen molar-refractivity contribution in [3.05, 3.63) is 16.0 Å². The van der Waals surface area contributed by atoms with Gasteiger partial charge in [0.25, 0.3) is 5.56 Å². The van der Waals surface area contributed by atoms with E-state index in [9.17, 15) is 9.59 Å². The van der Waals surface area contributed by atoms with E-state index >= 15 is 0 Å². The van der Waals surface area contributed by atoms with Crippen LogP contribution in [0.3, 0.4) is 0 Å². The van der Waals surface area contributed by atoms with Gasteiger partial charge in [0.2, 0.25) is 11.1 Å². The van der Waals surface area contributed by atoms with Gasteiger partial charge in [0.05, 0.1) is 5.75 Å². The first-order chi connectivity index (χ1) is 9.88. The zero-order valence-electron chi connectivity index (χ0n) is 12.6. The second kappa shape index (κ2) is 6.46. The highest BCUT2D eigenvalue weighted by atomic mass is 32.2. The lowest BCUT2D eigenvalue weighted by molar-refractivity contribution is -0.130. The quantitative estimate of drug-likeness (QED) is 0.635. The number of thioether (sulfide) groups is 1. The van der Waals surface area contributed by atoms with E-state index in [1.54, 1.807) is 6.92 Å². The number of nitrogen functional groups attached to an aromatic ring is 1. The van der Waals surface area contributed by atoms with E-state index in [1.165, 1.54) is 0 Å². The number of nitrogens with two attached hydrogens (primary N) is 1. The number of piperidine rings is 1. The Labute approximate surface area is 127 Å². The molecule has 1 amide bonds. The number of likely N-dealkylation sites (tertiary alicyclic amines) is 1. The van der Waals surface area contributed by atoms with Crippen LogP contribution < -0.4 is 11.4 Å². The zero-order chi connectivity index (χ0) is 15.6. The topological polar surface area (TPSA) is 94.1 Å². The fraction of sp³-hybridized carbons (Fsp3) is 0.692. The predicted molar refractivity (Wildman–Crippen MR) is 81.4 cm³/mol. The van der Waals surface area contributed by atoms with E-state index < -0.39 is 0 Å². The number of nitrogens with zero attached hydrogens (tertiary/aromatic N) is 4. The second-order valence-corrected chi connectivity index (χ2v) is 6.72. The SMILES string of the molecule is Cc1nnc(SCC(=O)N2C[C@@H](C)C[C@H](C)C2)n(N)c1=O. The third-order valence-corrected chi connectivity index (χ3v) is 4.49. The fourth-order valence-corrected chi connectivity index (χ4v) is 3.41. The van der Waals surface area contributed by atoms with E-state index in [-0.39, 0.29) is 28.1 Å². The molecule has 116 valence electrons. The Morgan fingerprint density at radius 3 is 2.57 bits per heavy atom. The van der Waals surface area contributed by atoms with Crippen molar-refractivity contribution in [1.82, 2.24) is 19.8 Å². The van der Waals surface area contributed by atoms with Gasteiger partial charge in [-0.15, -0.1) is 10.2 Å². The highest BCUT2D eigenvalue weighted by Crippen LogP contribution is 2.22. The van der Waals surface area contributed by atoms with E-state index in [1.807, 2.05) is 4.90 Å². The predicted octanol–water partition coefficient (Wildman–Crippen LogP) is 0.257. The summed E-state index contributed by atoms with van der Waals surface area (Å²) in [5, 5.41) is 7.87. The average molecular weight is 311 g/mol. The molecule has 0 aliphatic carbocycles. The van der Waals surface area contributed by atoms with Gasteiger partial charge in [-0.2, -0.15) is 4.68 Å². The minimum absolute atomic E-state index is 0.0493.